The van der Waals surface area contributed by atoms with Crippen molar-refractivity contribution in [2.24, 2.45) is 0 Å². The first-order valence-electron chi connectivity index (χ1n) is 5.59. The molecular weight excluding hydrogens is 198 g/mol. The lowest BCUT2D eigenvalue weighted by Crippen LogP contribution is -1.98. The number of Topliss-reactive ketones (excluding diaryl/α,β-unsaturated/α-hetero) is 1. The Balaban J connectivity index is 2.48. The van der Waals surface area contributed by atoms with Crippen molar-refractivity contribution in [3.05, 3.63) is 40.6 Å². The number of aryl methyl sites for hydroxylation is 3. The molecule has 0 saturated carbocycles. The Morgan fingerprint density at radius 3 is 2.88 bits per heavy atom. The van der Waals surface area contributed by atoms with E-state index < -0.39 is 0 Å². The van der Waals surface area contributed by atoms with Gasteiger partial charge in [0.2, 0.25) is 0 Å². The number of carbonyl (C=O) groups excluding carboxylic acids is 1. The molecule has 0 spiro atoms. The predicted octanol–water partition coefficient (Wildman–Crippen LogP) is 2.98. The number of hydrogen-bond donors (Lipinski definition) is 0. The molecule has 1 aromatic heterocycles. The second kappa shape index (κ2) is 3.14. The molecule has 0 N–H and O–H groups in total. The molecule has 0 atom stereocenters. The highest BCUT2D eigenvalue weighted by Crippen LogP contribution is 2.31. The SMILES string of the molecule is Cc1ccnc2c(C)c3c(cc12)CCC3=O. The summed E-state index contributed by atoms with van der Waals surface area (Å²) in [7, 11) is 0. The lowest BCUT2D eigenvalue weighted by molar-refractivity contribution is 0.0994. The molecular formula is C14H13NO. The van der Waals surface area contributed by atoms with Crippen LogP contribution in [0.15, 0.2) is 18.3 Å². The van der Waals surface area contributed by atoms with E-state index in [1.54, 1.807) is 0 Å². The molecule has 1 aliphatic carbocycles. The van der Waals surface area contributed by atoms with Crippen LogP contribution in [-0.4, -0.2) is 10.8 Å². The quantitative estimate of drug-likeness (QED) is 0.670. The van der Waals surface area contributed by atoms with Gasteiger partial charge in [0.1, 0.15) is 0 Å². The number of pyridine rings is 1. The van der Waals surface area contributed by atoms with E-state index in [1.807, 2.05) is 19.2 Å². The van der Waals surface area contributed by atoms with E-state index in [4.69, 9.17) is 0 Å². The smallest absolute Gasteiger partial charge is 0.163 e. The number of carbonyl (C=O) groups is 1. The summed E-state index contributed by atoms with van der Waals surface area (Å²) in [6.45, 7) is 4.10. The second-order valence-electron chi connectivity index (χ2n) is 4.48. The van der Waals surface area contributed by atoms with Gasteiger partial charge in [-0.2, -0.15) is 0 Å². The zero-order chi connectivity index (χ0) is 11.3. The number of fused-ring (bicyclic) bond motifs is 2. The Kier molecular flexibility index (Phi) is 1.87. The Morgan fingerprint density at radius 1 is 1.25 bits per heavy atom. The molecule has 2 heteroatoms. The van der Waals surface area contributed by atoms with Gasteiger partial charge in [-0.3, -0.25) is 9.78 Å². The van der Waals surface area contributed by atoms with E-state index >= 15 is 0 Å². The van der Waals surface area contributed by atoms with Crippen LogP contribution < -0.4 is 0 Å². The monoisotopic (exact) mass is 211 g/mol. The highest BCUT2D eigenvalue weighted by atomic mass is 16.1. The van der Waals surface area contributed by atoms with Gasteiger partial charge in [-0.25, -0.2) is 0 Å². The van der Waals surface area contributed by atoms with E-state index in [0.717, 1.165) is 23.1 Å². The van der Waals surface area contributed by atoms with Gasteiger partial charge in [-0.1, -0.05) is 0 Å². The molecule has 2 aromatic rings. The first-order chi connectivity index (χ1) is 7.68. The van der Waals surface area contributed by atoms with Crippen LogP contribution in [0.25, 0.3) is 10.9 Å². The Bertz CT molecular complexity index is 614. The molecule has 1 heterocycles. The lowest BCUT2D eigenvalue weighted by atomic mass is 9.97. The topological polar surface area (TPSA) is 30.0 Å². The minimum atomic E-state index is 0.276. The molecule has 80 valence electrons. The van der Waals surface area contributed by atoms with Crippen molar-refractivity contribution in [1.82, 2.24) is 4.98 Å². The van der Waals surface area contributed by atoms with Crippen molar-refractivity contribution in [2.45, 2.75) is 26.7 Å². The van der Waals surface area contributed by atoms with Gasteiger partial charge in [0, 0.05) is 23.6 Å². The van der Waals surface area contributed by atoms with Crippen LogP contribution in [0.1, 0.15) is 33.5 Å². The van der Waals surface area contributed by atoms with Gasteiger partial charge in [0.25, 0.3) is 0 Å². The third-order valence-electron chi connectivity index (χ3n) is 3.48. The summed E-state index contributed by atoms with van der Waals surface area (Å²) in [5.41, 5.74) is 5.39. The van der Waals surface area contributed by atoms with Crippen molar-refractivity contribution in [3.8, 4) is 0 Å². The third-order valence-corrected chi connectivity index (χ3v) is 3.48. The number of rotatable bonds is 0. The maximum Gasteiger partial charge on any atom is 0.163 e. The first kappa shape index (κ1) is 9.52. The zero-order valence-electron chi connectivity index (χ0n) is 9.50. The molecule has 1 aromatic carbocycles. The molecule has 0 amide bonds. The van der Waals surface area contributed by atoms with Crippen molar-refractivity contribution in [2.75, 3.05) is 0 Å². The van der Waals surface area contributed by atoms with E-state index in [1.165, 1.54) is 16.5 Å². The van der Waals surface area contributed by atoms with E-state index in [-0.39, 0.29) is 5.78 Å². The van der Waals surface area contributed by atoms with Gasteiger partial charge in [0.15, 0.2) is 5.78 Å². The molecule has 0 bridgehead atoms. The zero-order valence-corrected chi connectivity index (χ0v) is 9.50. The maximum atomic E-state index is 11.8. The number of aromatic nitrogens is 1. The summed E-state index contributed by atoms with van der Waals surface area (Å²) in [6.07, 6.45) is 3.36. The standard InChI is InChI=1S/C14H13NO/c1-8-5-6-15-14-9(2)13-10(7-11(8)14)3-4-12(13)16/h5-7H,3-4H2,1-2H3. The summed E-state index contributed by atoms with van der Waals surface area (Å²) in [5, 5.41) is 1.19. The largest absolute Gasteiger partial charge is 0.294 e. The Morgan fingerprint density at radius 2 is 2.06 bits per heavy atom. The summed E-state index contributed by atoms with van der Waals surface area (Å²) >= 11 is 0. The van der Waals surface area contributed by atoms with Crippen LogP contribution in [0.2, 0.25) is 0 Å². The maximum absolute atomic E-state index is 11.8. The molecule has 0 aliphatic heterocycles. The molecule has 0 radical (unpaired) electrons. The van der Waals surface area contributed by atoms with Crippen molar-refractivity contribution < 1.29 is 4.79 Å². The van der Waals surface area contributed by atoms with Crippen LogP contribution in [-0.2, 0) is 6.42 Å². The number of nitrogens with zero attached hydrogens (tertiary/aromatic N) is 1. The fourth-order valence-corrected chi connectivity index (χ4v) is 2.61. The molecule has 0 saturated heterocycles. The fourth-order valence-electron chi connectivity index (χ4n) is 2.61. The molecule has 16 heavy (non-hydrogen) atoms. The average Bonchev–Trinajstić information content (AvgIpc) is 2.63. The van der Waals surface area contributed by atoms with E-state index in [9.17, 15) is 4.79 Å². The van der Waals surface area contributed by atoms with Gasteiger partial charge in [0.05, 0.1) is 5.52 Å². The molecule has 2 nitrogen and oxygen atoms in total. The van der Waals surface area contributed by atoms with Crippen molar-refractivity contribution in [1.29, 1.82) is 0 Å². The molecule has 3 rings (SSSR count). The van der Waals surface area contributed by atoms with Crippen LogP contribution in [0, 0.1) is 13.8 Å². The minimum absolute atomic E-state index is 0.276. The second-order valence-corrected chi connectivity index (χ2v) is 4.48. The fraction of sp³-hybridized carbons (Fsp3) is 0.286. The van der Waals surface area contributed by atoms with Crippen molar-refractivity contribution >= 4 is 16.7 Å². The summed E-state index contributed by atoms with van der Waals surface area (Å²) in [4.78, 5) is 16.2. The van der Waals surface area contributed by atoms with Gasteiger partial charge in [-0.15, -0.1) is 0 Å². The van der Waals surface area contributed by atoms with Crippen LogP contribution >= 0.6 is 0 Å². The summed E-state index contributed by atoms with van der Waals surface area (Å²) in [5.74, 6) is 0.276. The molecule has 1 aliphatic rings. The Labute approximate surface area is 94.3 Å². The van der Waals surface area contributed by atoms with Crippen LogP contribution in [0.3, 0.4) is 0 Å². The van der Waals surface area contributed by atoms with Gasteiger partial charge >= 0.3 is 0 Å². The average molecular weight is 211 g/mol. The van der Waals surface area contributed by atoms with Crippen LogP contribution in [0.5, 0.6) is 0 Å². The lowest BCUT2D eigenvalue weighted by Gasteiger charge is -2.09. The third kappa shape index (κ3) is 1.13. The number of hydrogen-bond acceptors (Lipinski definition) is 2. The molecule has 0 fully saturated rings. The predicted molar refractivity (Wildman–Crippen MR) is 63.9 cm³/mol. The molecule has 0 unspecified atom stereocenters. The van der Waals surface area contributed by atoms with E-state index in [0.29, 0.717) is 6.42 Å². The summed E-state index contributed by atoms with van der Waals surface area (Å²) in [6, 6.07) is 4.16. The first-order valence-corrected chi connectivity index (χ1v) is 5.59. The van der Waals surface area contributed by atoms with Gasteiger partial charge in [-0.05, 0) is 49.1 Å². The normalized spacial score (nSPS) is 14.5. The van der Waals surface area contributed by atoms with Gasteiger partial charge < -0.3 is 0 Å². The number of ketones is 1. The minimum Gasteiger partial charge on any atom is -0.294 e. The Hall–Kier alpha value is -1.70. The number of benzene rings is 1. The van der Waals surface area contributed by atoms with E-state index in [2.05, 4.69) is 18.0 Å². The van der Waals surface area contributed by atoms with Crippen LogP contribution in [0.4, 0.5) is 0 Å². The highest BCUT2D eigenvalue weighted by molar-refractivity contribution is 6.06. The highest BCUT2D eigenvalue weighted by Gasteiger charge is 2.23. The summed E-state index contributed by atoms with van der Waals surface area (Å²) < 4.78 is 0. The van der Waals surface area contributed by atoms with Crippen molar-refractivity contribution in [3.63, 3.8) is 0 Å².